The predicted octanol–water partition coefficient (Wildman–Crippen LogP) is 0.916. The zero-order valence-electron chi connectivity index (χ0n) is 15.9. The van der Waals surface area contributed by atoms with Gasteiger partial charge in [-0.25, -0.2) is 5.48 Å². The van der Waals surface area contributed by atoms with Crippen molar-refractivity contribution in [1.82, 2.24) is 16.1 Å². The normalized spacial score (nSPS) is 15.0. The Balaban J connectivity index is 1.59. The Bertz CT molecular complexity index is 920. The number of benzene rings is 1. The zero-order chi connectivity index (χ0) is 20.8. The van der Waals surface area contributed by atoms with E-state index < -0.39 is 24.0 Å². The second-order valence-electron chi connectivity index (χ2n) is 6.92. The van der Waals surface area contributed by atoms with E-state index in [4.69, 9.17) is 9.62 Å². The Kier molecular flexibility index (Phi) is 6.67. The summed E-state index contributed by atoms with van der Waals surface area (Å²) in [5, 5.41) is 24.0. The molecule has 1 aromatic carbocycles. The van der Waals surface area contributed by atoms with E-state index >= 15 is 0 Å². The van der Waals surface area contributed by atoms with Crippen LogP contribution in [-0.2, 0) is 11.3 Å². The lowest BCUT2D eigenvalue weighted by atomic mass is 10.1. The fourth-order valence-electron chi connectivity index (χ4n) is 2.61. The molecule has 0 radical (unpaired) electrons. The third-order valence-corrected chi connectivity index (χ3v) is 4.44. The molecule has 1 aliphatic carbocycles. The fourth-order valence-corrected chi connectivity index (χ4v) is 2.61. The Morgan fingerprint density at radius 2 is 1.90 bits per heavy atom. The number of aliphatic hydroxyl groups excluding tert-OH is 1. The van der Waals surface area contributed by atoms with Crippen LogP contribution in [0.2, 0.25) is 0 Å². The molecule has 1 aliphatic rings. The summed E-state index contributed by atoms with van der Waals surface area (Å²) in [5.74, 6) is 5.86. The van der Waals surface area contributed by atoms with Crippen molar-refractivity contribution in [2.75, 3.05) is 0 Å². The molecular formula is C21H23N3O5. The van der Waals surface area contributed by atoms with E-state index in [0.717, 1.165) is 5.76 Å². The van der Waals surface area contributed by atoms with Gasteiger partial charge in [-0.1, -0.05) is 5.92 Å². The van der Waals surface area contributed by atoms with E-state index in [-0.39, 0.29) is 0 Å². The van der Waals surface area contributed by atoms with Crippen molar-refractivity contribution >= 4 is 11.8 Å². The Morgan fingerprint density at radius 1 is 1.17 bits per heavy atom. The first-order valence-corrected chi connectivity index (χ1v) is 9.33. The van der Waals surface area contributed by atoms with Gasteiger partial charge < -0.3 is 20.2 Å². The first kappa shape index (κ1) is 20.6. The van der Waals surface area contributed by atoms with Crippen LogP contribution in [0.3, 0.4) is 0 Å². The van der Waals surface area contributed by atoms with Crippen LogP contribution in [0.25, 0.3) is 0 Å². The summed E-state index contributed by atoms with van der Waals surface area (Å²) in [6, 6.07) is 9.52. The minimum absolute atomic E-state index is 0.290. The van der Waals surface area contributed by atoms with Gasteiger partial charge in [-0.2, -0.15) is 0 Å². The first-order valence-electron chi connectivity index (χ1n) is 9.33. The lowest BCUT2D eigenvalue weighted by molar-refractivity contribution is -0.133. The van der Waals surface area contributed by atoms with Gasteiger partial charge in [0.1, 0.15) is 11.8 Å². The minimum Gasteiger partial charge on any atom is -0.451 e. The molecule has 3 rings (SSSR count). The summed E-state index contributed by atoms with van der Waals surface area (Å²) in [5.41, 5.74) is 2.40. The SMILES string of the molecule is C[C@H](O)[C@H](NC(=O)c1ccc(C#Cc2ccc(CNC3CC3)o2)cc1)C(=O)NO. The molecule has 0 bridgehead atoms. The average molecular weight is 397 g/mol. The molecule has 1 heterocycles. The van der Waals surface area contributed by atoms with Crippen LogP contribution in [0.15, 0.2) is 40.8 Å². The largest absolute Gasteiger partial charge is 0.451 e. The smallest absolute Gasteiger partial charge is 0.268 e. The molecule has 5 N–H and O–H groups in total. The van der Waals surface area contributed by atoms with Crippen LogP contribution >= 0.6 is 0 Å². The molecule has 8 nitrogen and oxygen atoms in total. The molecule has 1 saturated carbocycles. The maximum Gasteiger partial charge on any atom is 0.268 e. The minimum atomic E-state index is -1.27. The van der Waals surface area contributed by atoms with Gasteiger partial charge in [0.15, 0.2) is 5.76 Å². The molecule has 1 fully saturated rings. The molecule has 2 atom stereocenters. The zero-order valence-corrected chi connectivity index (χ0v) is 15.9. The van der Waals surface area contributed by atoms with Gasteiger partial charge in [-0.15, -0.1) is 0 Å². The van der Waals surface area contributed by atoms with E-state index in [0.29, 0.717) is 29.5 Å². The molecule has 2 amide bonds. The highest BCUT2D eigenvalue weighted by Gasteiger charge is 2.25. The number of carbonyl (C=O) groups excluding carboxylic acids is 2. The molecule has 0 aliphatic heterocycles. The fraction of sp³-hybridized carbons (Fsp3) is 0.333. The number of hydroxylamine groups is 1. The van der Waals surface area contributed by atoms with Gasteiger partial charge >= 0.3 is 0 Å². The van der Waals surface area contributed by atoms with Gasteiger partial charge in [0.2, 0.25) is 0 Å². The molecule has 2 aromatic rings. The number of nitrogens with one attached hydrogen (secondary N) is 3. The van der Waals surface area contributed by atoms with Crippen LogP contribution in [0.1, 0.15) is 47.2 Å². The Hall–Kier alpha value is -3.12. The molecule has 0 unspecified atom stereocenters. The van der Waals surface area contributed by atoms with E-state index in [9.17, 15) is 14.7 Å². The van der Waals surface area contributed by atoms with Gasteiger partial charge in [-0.3, -0.25) is 14.8 Å². The average Bonchev–Trinajstić information content (AvgIpc) is 3.45. The summed E-state index contributed by atoms with van der Waals surface area (Å²) in [7, 11) is 0. The van der Waals surface area contributed by atoms with E-state index in [2.05, 4.69) is 22.5 Å². The Morgan fingerprint density at radius 3 is 2.52 bits per heavy atom. The summed E-state index contributed by atoms with van der Waals surface area (Å²) >= 11 is 0. The molecule has 8 heteroatoms. The van der Waals surface area contributed by atoms with Gasteiger partial charge in [0, 0.05) is 17.2 Å². The van der Waals surface area contributed by atoms with E-state index in [1.165, 1.54) is 25.2 Å². The van der Waals surface area contributed by atoms with Crippen molar-refractivity contribution in [1.29, 1.82) is 0 Å². The number of amides is 2. The second-order valence-corrected chi connectivity index (χ2v) is 6.92. The molecule has 0 spiro atoms. The number of aliphatic hydroxyl groups is 1. The summed E-state index contributed by atoms with van der Waals surface area (Å²) < 4.78 is 5.66. The number of furan rings is 1. The number of rotatable bonds is 7. The van der Waals surface area contributed by atoms with Gasteiger partial charge in [0.05, 0.1) is 12.6 Å². The van der Waals surface area contributed by atoms with Crippen molar-refractivity contribution in [3.8, 4) is 11.8 Å². The van der Waals surface area contributed by atoms with Crippen LogP contribution in [0.4, 0.5) is 0 Å². The van der Waals surface area contributed by atoms with Crippen LogP contribution in [0, 0.1) is 11.8 Å². The van der Waals surface area contributed by atoms with Crippen LogP contribution in [0.5, 0.6) is 0 Å². The van der Waals surface area contributed by atoms with Crippen molar-refractivity contribution in [3.05, 3.63) is 59.0 Å². The molecule has 152 valence electrons. The van der Waals surface area contributed by atoms with Gasteiger partial charge in [0.25, 0.3) is 11.8 Å². The predicted molar refractivity (Wildman–Crippen MR) is 104 cm³/mol. The maximum absolute atomic E-state index is 12.2. The quantitative estimate of drug-likeness (QED) is 0.269. The van der Waals surface area contributed by atoms with E-state index in [1.807, 2.05) is 12.1 Å². The highest BCUT2D eigenvalue weighted by Crippen LogP contribution is 2.19. The standard InChI is InChI=1S/C21H23N3O5/c1-13(25)19(21(27)24-28)23-20(26)15-5-2-14(3-6-15)4-9-17-10-11-18(29-17)12-22-16-7-8-16/h2-3,5-6,10-11,13,16,19,22,25,28H,7-8,12H2,1H3,(H,23,26)(H,24,27)/t13-,19-/m0/s1. The number of hydrogen-bond donors (Lipinski definition) is 5. The lowest BCUT2D eigenvalue weighted by Crippen LogP contribution is -2.51. The number of carbonyl (C=O) groups is 2. The molecule has 0 saturated heterocycles. The second kappa shape index (κ2) is 9.39. The summed E-state index contributed by atoms with van der Waals surface area (Å²) in [6.07, 6.45) is 1.26. The molecule has 1 aromatic heterocycles. The van der Waals surface area contributed by atoms with Crippen molar-refractivity contribution in [2.24, 2.45) is 0 Å². The third kappa shape index (κ3) is 5.93. The Labute approximate surface area is 168 Å². The van der Waals surface area contributed by atoms with E-state index in [1.54, 1.807) is 24.3 Å². The lowest BCUT2D eigenvalue weighted by Gasteiger charge is -2.19. The van der Waals surface area contributed by atoms with Crippen molar-refractivity contribution in [2.45, 2.75) is 44.5 Å². The van der Waals surface area contributed by atoms with Crippen LogP contribution in [-0.4, -0.2) is 40.3 Å². The van der Waals surface area contributed by atoms with Crippen molar-refractivity contribution in [3.63, 3.8) is 0 Å². The van der Waals surface area contributed by atoms with Crippen molar-refractivity contribution < 1.29 is 24.3 Å². The highest BCUT2D eigenvalue weighted by molar-refractivity contribution is 5.97. The topological polar surface area (TPSA) is 124 Å². The molecular weight excluding hydrogens is 374 g/mol. The summed E-state index contributed by atoms with van der Waals surface area (Å²) in [4.78, 5) is 23.8. The highest BCUT2D eigenvalue weighted by atomic mass is 16.5. The number of hydrogen-bond acceptors (Lipinski definition) is 6. The summed E-state index contributed by atoms with van der Waals surface area (Å²) in [6.45, 7) is 2.03. The first-order chi connectivity index (χ1) is 14.0. The monoisotopic (exact) mass is 397 g/mol. The van der Waals surface area contributed by atoms with Crippen LogP contribution < -0.4 is 16.1 Å². The third-order valence-electron chi connectivity index (χ3n) is 4.44. The molecule has 29 heavy (non-hydrogen) atoms. The van der Waals surface area contributed by atoms with Gasteiger partial charge in [-0.05, 0) is 62.1 Å². The maximum atomic E-state index is 12.2.